The Hall–Kier alpha value is -2.50. The van der Waals surface area contributed by atoms with Crippen LogP contribution in [0.15, 0.2) is 30.7 Å². The van der Waals surface area contributed by atoms with Gasteiger partial charge in [-0.25, -0.2) is 0 Å². The summed E-state index contributed by atoms with van der Waals surface area (Å²) >= 11 is 0. The third-order valence-corrected chi connectivity index (χ3v) is 2.48. The fourth-order valence-corrected chi connectivity index (χ4v) is 1.82. The summed E-state index contributed by atoms with van der Waals surface area (Å²) in [4.78, 5) is 11.2. The number of aromatic nitrogens is 4. The largest absolute Gasteiger partial charge is 0.326 e. The van der Waals surface area contributed by atoms with Crippen LogP contribution in [0.1, 0.15) is 6.92 Å². The molecule has 6 nitrogen and oxygen atoms in total. The average Bonchev–Trinajstić information content (AvgIpc) is 2.76. The highest BCUT2D eigenvalue weighted by Gasteiger charge is 2.09. The molecule has 0 aliphatic carbocycles. The lowest BCUT2D eigenvalue weighted by molar-refractivity contribution is -0.114. The molecule has 0 atom stereocenters. The fourth-order valence-electron chi connectivity index (χ4n) is 1.82. The quantitative estimate of drug-likeness (QED) is 0.678. The number of hydrogen-bond acceptors (Lipinski definition) is 4. The number of benzene rings is 1. The van der Waals surface area contributed by atoms with Gasteiger partial charge in [0.1, 0.15) is 6.33 Å². The molecular formula is C11H9N5O. The van der Waals surface area contributed by atoms with E-state index in [1.54, 1.807) is 10.7 Å². The van der Waals surface area contributed by atoms with Crippen molar-refractivity contribution in [2.75, 3.05) is 5.32 Å². The van der Waals surface area contributed by atoms with Crippen LogP contribution >= 0.6 is 0 Å². The highest BCUT2D eigenvalue weighted by molar-refractivity contribution is 6.07. The van der Waals surface area contributed by atoms with Crippen molar-refractivity contribution in [1.29, 1.82) is 0 Å². The fraction of sp³-hybridized carbons (Fsp3) is 0.0909. The van der Waals surface area contributed by atoms with Gasteiger partial charge in [0.25, 0.3) is 0 Å². The zero-order valence-electron chi connectivity index (χ0n) is 9.08. The summed E-state index contributed by atoms with van der Waals surface area (Å²) in [5.41, 5.74) is 1.35. The Morgan fingerprint density at radius 3 is 3.12 bits per heavy atom. The van der Waals surface area contributed by atoms with Crippen LogP contribution in [-0.4, -0.2) is 25.7 Å². The van der Waals surface area contributed by atoms with E-state index in [0.29, 0.717) is 5.65 Å². The monoisotopic (exact) mass is 227 g/mol. The number of amides is 1. The van der Waals surface area contributed by atoms with Crippen molar-refractivity contribution in [3.63, 3.8) is 0 Å². The van der Waals surface area contributed by atoms with E-state index in [1.807, 2.05) is 18.2 Å². The van der Waals surface area contributed by atoms with Crippen molar-refractivity contribution in [3.8, 4) is 0 Å². The van der Waals surface area contributed by atoms with E-state index in [2.05, 4.69) is 20.6 Å². The molecule has 0 aliphatic rings. The first-order valence-corrected chi connectivity index (χ1v) is 5.11. The second-order valence-corrected chi connectivity index (χ2v) is 3.69. The molecule has 0 aliphatic heterocycles. The van der Waals surface area contributed by atoms with Crippen molar-refractivity contribution in [2.45, 2.75) is 6.92 Å². The van der Waals surface area contributed by atoms with Gasteiger partial charge in [-0.3, -0.25) is 4.79 Å². The molecule has 3 aromatic rings. The number of hydrogen-bond donors (Lipinski definition) is 1. The van der Waals surface area contributed by atoms with Gasteiger partial charge in [-0.2, -0.15) is 9.61 Å². The van der Waals surface area contributed by atoms with Gasteiger partial charge in [-0.1, -0.05) is 12.1 Å². The highest BCUT2D eigenvalue weighted by atomic mass is 16.1. The van der Waals surface area contributed by atoms with Crippen molar-refractivity contribution < 1.29 is 4.79 Å². The molecule has 2 aromatic heterocycles. The smallest absolute Gasteiger partial charge is 0.221 e. The molecule has 17 heavy (non-hydrogen) atoms. The Morgan fingerprint density at radius 2 is 2.29 bits per heavy atom. The van der Waals surface area contributed by atoms with Crippen molar-refractivity contribution in [3.05, 3.63) is 30.7 Å². The summed E-state index contributed by atoms with van der Waals surface area (Å²) < 4.78 is 1.58. The first-order chi connectivity index (χ1) is 8.25. The molecule has 3 rings (SSSR count). The van der Waals surface area contributed by atoms with Gasteiger partial charge < -0.3 is 5.32 Å². The Morgan fingerprint density at radius 1 is 1.41 bits per heavy atom. The zero-order chi connectivity index (χ0) is 11.8. The summed E-state index contributed by atoms with van der Waals surface area (Å²) in [5.74, 6) is -0.119. The minimum Gasteiger partial charge on any atom is -0.326 e. The van der Waals surface area contributed by atoms with Crippen LogP contribution < -0.4 is 5.32 Å². The summed E-state index contributed by atoms with van der Waals surface area (Å²) in [6, 6.07) is 5.61. The molecule has 1 N–H and O–H groups in total. The number of carbonyl (C=O) groups excluding carboxylic acids is 1. The molecule has 1 amide bonds. The lowest BCUT2D eigenvalue weighted by Crippen LogP contribution is -2.06. The van der Waals surface area contributed by atoms with E-state index in [1.165, 1.54) is 13.3 Å². The lowest BCUT2D eigenvalue weighted by atomic mass is 10.1. The summed E-state index contributed by atoms with van der Waals surface area (Å²) in [5, 5.41) is 16.5. The molecule has 84 valence electrons. The second-order valence-electron chi connectivity index (χ2n) is 3.69. The number of nitrogens with one attached hydrogen (secondary N) is 1. The normalized spacial score (nSPS) is 10.9. The van der Waals surface area contributed by atoms with E-state index < -0.39 is 0 Å². The predicted octanol–water partition coefficient (Wildman–Crippen LogP) is 1.24. The van der Waals surface area contributed by atoms with Crippen LogP contribution in [-0.2, 0) is 4.79 Å². The maximum absolute atomic E-state index is 11.2. The average molecular weight is 227 g/mol. The molecule has 0 bridgehead atoms. The van der Waals surface area contributed by atoms with Gasteiger partial charge in [0.05, 0.1) is 17.3 Å². The van der Waals surface area contributed by atoms with Crippen LogP contribution in [0.4, 0.5) is 5.69 Å². The van der Waals surface area contributed by atoms with Crippen LogP contribution in [0.3, 0.4) is 0 Å². The predicted molar refractivity (Wildman–Crippen MR) is 62.6 cm³/mol. The Bertz CT molecular complexity index is 718. The van der Waals surface area contributed by atoms with E-state index in [4.69, 9.17) is 0 Å². The van der Waals surface area contributed by atoms with Crippen molar-refractivity contribution >= 4 is 28.0 Å². The summed E-state index contributed by atoms with van der Waals surface area (Å²) in [6.07, 6.45) is 3.25. The molecule has 0 radical (unpaired) electrons. The maximum Gasteiger partial charge on any atom is 0.221 e. The van der Waals surface area contributed by atoms with Gasteiger partial charge >= 0.3 is 0 Å². The lowest BCUT2D eigenvalue weighted by Gasteiger charge is -2.06. The molecule has 0 fully saturated rings. The van der Waals surface area contributed by atoms with Crippen LogP contribution in [0.25, 0.3) is 16.4 Å². The zero-order valence-corrected chi connectivity index (χ0v) is 9.08. The molecule has 0 unspecified atom stereocenters. The Balaban J connectivity index is 2.41. The van der Waals surface area contributed by atoms with Gasteiger partial charge in [0.2, 0.25) is 5.91 Å². The van der Waals surface area contributed by atoms with Crippen LogP contribution in [0.5, 0.6) is 0 Å². The summed E-state index contributed by atoms with van der Waals surface area (Å²) in [6.45, 7) is 1.47. The first-order valence-electron chi connectivity index (χ1n) is 5.11. The number of fused-ring (bicyclic) bond motifs is 3. The van der Waals surface area contributed by atoms with Crippen LogP contribution in [0, 0.1) is 0 Å². The van der Waals surface area contributed by atoms with Gasteiger partial charge in [-0.15, -0.1) is 10.2 Å². The van der Waals surface area contributed by atoms with Crippen molar-refractivity contribution in [2.24, 2.45) is 0 Å². The molecule has 2 heterocycles. The third kappa shape index (κ3) is 1.50. The second kappa shape index (κ2) is 3.51. The number of nitrogens with zero attached hydrogens (tertiary/aromatic N) is 4. The van der Waals surface area contributed by atoms with E-state index >= 15 is 0 Å². The standard InChI is InChI=1S/C11H9N5O/c1-7(17)14-9-4-2-3-8-5-13-16-6-12-15-11(16)10(8)9/h2-6H,1H3,(H,14,17). The highest BCUT2D eigenvalue weighted by Crippen LogP contribution is 2.25. The topological polar surface area (TPSA) is 72.2 Å². The number of rotatable bonds is 1. The molecular weight excluding hydrogens is 218 g/mol. The third-order valence-electron chi connectivity index (χ3n) is 2.48. The Labute approximate surface area is 96.3 Å². The van der Waals surface area contributed by atoms with Crippen molar-refractivity contribution in [1.82, 2.24) is 19.8 Å². The molecule has 0 spiro atoms. The number of anilines is 1. The maximum atomic E-state index is 11.2. The van der Waals surface area contributed by atoms with E-state index in [-0.39, 0.29) is 5.91 Å². The molecule has 6 heteroatoms. The van der Waals surface area contributed by atoms with E-state index in [9.17, 15) is 4.79 Å². The van der Waals surface area contributed by atoms with E-state index in [0.717, 1.165) is 16.5 Å². The molecule has 1 aromatic carbocycles. The summed E-state index contributed by atoms with van der Waals surface area (Å²) in [7, 11) is 0. The van der Waals surface area contributed by atoms with Crippen LogP contribution in [0.2, 0.25) is 0 Å². The Kier molecular flexibility index (Phi) is 2.01. The molecule has 0 saturated carbocycles. The van der Waals surface area contributed by atoms with Gasteiger partial charge in [-0.05, 0) is 6.07 Å². The minimum atomic E-state index is -0.119. The number of carbonyl (C=O) groups is 1. The van der Waals surface area contributed by atoms with Gasteiger partial charge in [0.15, 0.2) is 5.65 Å². The SMILES string of the molecule is CC(=O)Nc1cccc2cnn3cnnc3c12. The first kappa shape index (κ1) is 9.71. The molecule has 0 saturated heterocycles. The van der Waals surface area contributed by atoms with Gasteiger partial charge in [0, 0.05) is 12.3 Å². The minimum absolute atomic E-state index is 0.119.